The van der Waals surface area contributed by atoms with Gasteiger partial charge >= 0.3 is 11.7 Å². The zero-order valence-electron chi connectivity index (χ0n) is 19.7. The number of rotatable bonds is 9. The zero-order chi connectivity index (χ0) is 24.1. The van der Waals surface area contributed by atoms with E-state index in [1.165, 1.54) is 6.42 Å². The van der Waals surface area contributed by atoms with Crippen molar-refractivity contribution in [1.29, 1.82) is 0 Å². The fourth-order valence-corrected chi connectivity index (χ4v) is 5.11. The Hall–Kier alpha value is -3.41. The molecule has 3 aromatic rings. The molecule has 0 aliphatic heterocycles. The number of carboxylic acids is 1. The number of benzene rings is 2. The van der Waals surface area contributed by atoms with E-state index in [1.807, 2.05) is 30.3 Å². The first-order valence-electron chi connectivity index (χ1n) is 12.3. The molecule has 2 aromatic carbocycles. The van der Waals surface area contributed by atoms with Gasteiger partial charge in [-0.25, -0.2) is 9.59 Å². The van der Waals surface area contributed by atoms with Crippen molar-refractivity contribution in [3.63, 3.8) is 0 Å². The molecule has 1 saturated carbocycles. The Morgan fingerprint density at radius 1 is 1.06 bits per heavy atom. The Morgan fingerprint density at radius 2 is 1.76 bits per heavy atom. The van der Waals surface area contributed by atoms with Crippen LogP contribution in [0.25, 0.3) is 11.1 Å². The van der Waals surface area contributed by atoms with E-state index >= 15 is 0 Å². The topological polar surface area (TPSA) is 81.3 Å². The Labute approximate surface area is 199 Å². The summed E-state index contributed by atoms with van der Waals surface area (Å²) in [5.74, 6) is -0.961. The van der Waals surface area contributed by atoms with Crippen molar-refractivity contribution in [2.45, 2.75) is 70.9 Å². The van der Waals surface area contributed by atoms with Crippen LogP contribution in [0.5, 0.6) is 0 Å². The number of nitrogens with zero attached hydrogens (tertiary/aromatic N) is 2. The van der Waals surface area contributed by atoms with Gasteiger partial charge in [-0.05, 0) is 48.4 Å². The number of aromatic carboxylic acids is 1. The summed E-state index contributed by atoms with van der Waals surface area (Å²) in [7, 11) is 0. The van der Waals surface area contributed by atoms with Crippen LogP contribution in [0.2, 0.25) is 0 Å². The lowest BCUT2D eigenvalue weighted by molar-refractivity contribution is 0.0697. The van der Waals surface area contributed by atoms with Crippen molar-refractivity contribution in [2.75, 3.05) is 0 Å². The van der Waals surface area contributed by atoms with Crippen LogP contribution in [0.3, 0.4) is 0 Å². The van der Waals surface area contributed by atoms with Crippen molar-refractivity contribution in [3.05, 3.63) is 81.5 Å². The third-order valence-electron chi connectivity index (χ3n) is 6.90. The standard InChI is InChI=1S/C28H32N2O4/c1-2-3-13-25-26(19-31)30(22-9-5-4-6-10-22)28(34)29(25)18-20-14-16-21(17-15-20)23-11-7-8-12-24(23)27(32)33/h7-8,11-12,14-17,19,22H,2-6,9-10,13,18H2,1H3,(H,32,33). The van der Waals surface area contributed by atoms with Gasteiger partial charge in [-0.1, -0.05) is 75.1 Å². The van der Waals surface area contributed by atoms with E-state index in [0.29, 0.717) is 24.2 Å². The van der Waals surface area contributed by atoms with Crippen molar-refractivity contribution in [2.24, 2.45) is 0 Å². The molecular weight excluding hydrogens is 428 g/mol. The van der Waals surface area contributed by atoms with Gasteiger partial charge in [-0.15, -0.1) is 0 Å². The minimum absolute atomic E-state index is 0.0953. The number of carbonyl (C=O) groups is 2. The summed E-state index contributed by atoms with van der Waals surface area (Å²) in [6.07, 6.45) is 8.70. The van der Waals surface area contributed by atoms with Crippen molar-refractivity contribution >= 4 is 12.3 Å². The highest BCUT2D eigenvalue weighted by molar-refractivity contribution is 5.96. The molecule has 178 valence electrons. The quantitative estimate of drug-likeness (QED) is 0.414. The number of aromatic nitrogens is 2. The van der Waals surface area contributed by atoms with Gasteiger partial charge in [0.25, 0.3) is 0 Å². The Bertz CT molecular complexity index is 1210. The normalized spacial score (nSPS) is 14.3. The molecule has 0 radical (unpaired) electrons. The Kier molecular flexibility index (Phi) is 7.46. The molecule has 1 aliphatic rings. The van der Waals surface area contributed by atoms with E-state index in [2.05, 4.69) is 6.92 Å². The first kappa shape index (κ1) is 23.7. The third kappa shape index (κ3) is 4.76. The average Bonchev–Trinajstić information content (AvgIpc) is 3.13. The minimum Gasteiger partial charge on any atom is -0.478 e. The monoisotopic (exact) mass is 460 g/mol. The van der Waals surface area contributed by atoms with E-state index in [1.54, 1.807) is 27.3 Å². The average molecular weight is 461 g/mol. The van der Waals surface area contributed by atoms with Crippen molar-refractivity contribution in [3.8, 4) is 11.1 Å². The fraction of sp³-hybridized carbons (Fsp3) is 0.393. The molecule has 6 heteroatoms. The maximum Gasteiger partial charge on any atom is 0.336 e. The van der Waals surface area contributed by atoms with Crippen molar-refractivity contribution < 1.29 is 14.7 Å². The van der Waals surface area contributed by atoms with Gasteiger partial charge < -0.3 is 5.11 Å². The summed E-state index contributed by atoms with van der Waals surface area (Å²) >= 11 is 0. The summed E-state index contributed by atoms with van der Waals surface area (Å²) < 4.78 is 3.53. The van der Waals surface area contributed by atoms with Gasteiger partial charge in [0.05, 0.1) is 17.8 Å². The van der Waals surface area contributed by atoms with Gasteiger partial charge in [0.15, 0.2) is 6.29 Å². The van der Waals surface area contributed by atoms with Gasteiger partial charge in [-0.3, -0.25) is 13.9 Å². The van der Waals surface area contributed by atoms with E-state index in [9.17, 15) is 19.5 Å². The lowest BCUT2D eigenvalue weighted by atomic mass is 9.95. The van der Waals surface area contributed by atoms with Gasteiger partial charge in [0.2, 0.25) is 0 Å². The fourth-order valence-electron chi connectivity index (χ4n) is 5.11. The van der Waals surface area contributed by atoms with E-state index in [0.717, 1.165) is 61.6 Å². The second-order valence-electron chi connectivity index (χ2n) is 9.13. The predicted octanol–water partition coefficient (Wildman–Crippen LogP) is 5.72. The molecule has 0 saturated heterocycles. The lowest BCUT2D eigenvalue weighted by Crippen LogP contribution is -2.30. The second-order valence-corrected chi connectivity index (χ2v) is 9.13. The molecule has 1 N–H and O–H groups in total. The number of carboxylic acid groups (broad SMARTS) is 1. The third-order valence-corrected chi connectivity index (χ3v) is 6.90. The summed E-state index contributed by atoms with van der Waals surface area (Å²) in [6, 6.07) is 14.7. The summed E-state index contributed by atoms with van der Waals surface area (Å²) in [6.45, 7) is 2.49. The number of unbranched alkanes of at least 4 members (excludes halogenated alkanes) is 1. The number of hydrogen-bond acceptors (Lipinski definition) is 3. The molecule has 1 fully saturated rings. The predicted molar refractivity (Wildman–Crippen MR) is 133 cm³/mol. The van der Waals surface area contributed by atoms with Crippen LogP contribution in [-0.2, 0) is 13.0 Å². The highest BCUT2D eigenvalue weighted by Gasteiger charge is 2.26. The van der Waals surface area contributed by atoms with Crippen LogP contribution >= 0.6 is 0 Å². The van der Waals surface area contributed by atoms with Crippen LogP contribution < -0.4 is 5.69 Å². The summed E-state index contributed by atoms with van der Waals surface area (Å²) in [5.41, 5.74) is 3.94. The van der Waals surface area contributed by atoms with Crippen LogP contribution in [0.4, 0.5) is 0 Å². The molecule has 1 aromatic heterocycles. The Balaban J connectivity index is 1.69. The number of imidazole rings is 1. The molecule has 0 amide bonds. The van der Waals surface area contributed by atoms with Crippen LogP contribution in [-0.4, -0.2) is 26.5 Å². The van der Waals surface area contributed by atoms with Crippen LogP contribution in [0, 0.1) is 0 Å². The first-order valence-corrected chi connectivity index (χ1v) is 12.3. The van der Waals surface area contributed by atoms with Crippen molar-refractivity contribution in [1.82, 2.24) is 9.13 Å². The van der Waals surface area contributed by atoms with Crippen LogP contribution in [0.1, 0.15) is 90.0 Å². The molecule has 0 spiro atoms. The summed E-state index contributed by atoms with van der Waals surface area (Å²) in [5, 5.41) is 9.50. The van der Waals surface area contributed by atoms with E-state index in [-0.39, 0.29) is 17.3 Å². The number of aldehydes is 1. The molecule has 1 aliphatic carbocycles. The SMILES string of the molecule is CCCCc1c(C=O)n(C2CCCCC2)c(=O)n1Cc1ccc(-c2ccccc2C(=O)O)cc1. The van der Waals surface area contributed by atoms with E-state index in [4.69, 9.17) is 0 Å². The molecule has 0 unspecified atom stereocenters. The molecule has 34 heavy (non-hydrogen) atoms. The highest BCUT2D eigenvalue weighted by Crippen LogP contribution is 2.29. The highest BCUT2D eigenvalue weighted by atomic mass is 16.4. The van der Waals surface area contributed by atoms with Crippen LogP contribution in [0.15, 0.2) is 53.3 Å². The smallest absolute Gasteiger partial charge is 0.336 e. The van der Waals surface area contributed by atoms with E-state index < -0.39 is 5.97 Å². The molecule has 0 atom stereocenters. The lowest BCUT2D eigenvalue weighted by Gasteiger charge is -2.23. The molecule has 6 nitrogen and oxygen atoms in total. The number of carbonyl (C=O) groups excluding carboxylic acids is 1. The van der Waals surface area contributed by atoms with Gasteiger partial charge in [-0.2, -0.15) is 0 Å². The number of hydrogen-bond donors (Lipinski definition) is 1. The second kappa shape index (κ2) is 10.7. The zero-order valence-corrected chi connectivity index (χ0v) is 19.7. The molecule has 4 rings (SSSR count). The van der Waals surface area contributed by atoms with Gasteiger partial charge in [0.1, 0.15) is 5.69 Å². The molecular formula is C28H32N2O4. The Morgan fingerprint density at radius 3 is 2.41 bits per heavy atom. The minimum atomic E-state index is -0.961. The molecule has 0 bridgehead atoms. The largest absolute Gasteiger partial charge is 0.478 e. The summed E-state index contributed by atoms with van der Waals surface area (Å²) in [4.78, 5) is 37.3. The molecule has 1 heterocycles. The maximum absolute atomic E-state index is 13.5. The maximum atomic E-state index is 13.5. The van der Waals surface area contributed by atoms with Gasteiger partial charge in [0, 0.05) is 6.04 Å². The first-order chi connectivity index (χ1) is 16.5.